The number of nitrogen functional groups attached to an aromatic ring is 1. The summed E-state index contributed by atoms with van der Waals surface area (Å²) in [5, 5.41) is 0. The molecule has 1 aliphatic rings. The Kier molecular flexibility index (Phi) is 3.14. The van der Waals surface area contributed by atoms with Crippen LogP contribution < -0.4 is 5.73 Å². The monoisotopic (exact) mass is 254 g/mol. The Morgan fingerprint density at radius 3 is 2.24 bits per heavy atom. The number of rotatable bonds is 2. The molecule has 0 spiro atoms. The Hall–Kier alpha value is -1.07. The van der Waals surface area contributed by atoms with Gasteiger partial charge in [0.05, 0.1) is 5.69 Å². The molecule has 1 aromatic carbocycles. The van der Waals surface area contributed by atoms with Gasteiger partial charge in [-0.25, -0.2) is 8.42 Å². The van der Waals surface area contributed by atoms with E-state index in [1.165, 1.54) is 4.31 Å². The Balaban J connectivity index is 2.56. The number of nitrogens with two attached hydrogens (primary N) is 1. The summed E-state index contributed by atoms with van der Waals surface area (Å²) in [5.74, 6) is 0. The molecule has 94 valence electrons. The van der Waals surface area contributed by atoms with E-state index in [1.54, 1.807) is 6.92 Å². The van der Waals surface area contributed by atoms with Crippen LogP contribution in [-0.2, 0) is 10.0 Å². The maximum Gasteiger partial charge on any atom is 0.245 e. The first kappa shape index (κ1) is 12.4. The maximum absolute atomic E-state index is 12.5. The van der Waals surface area contributed by atoms with E-state index in [-0.39, 0.29) is 0 Å². The summed E-state index contributed by atoms with van der Waals surface area (Å²) in [7, 11) is -3.41. The van der Waals surface area contributed by atoms with Crippen molar-refractivity contribution in [3.8, 4) is 0 Å². The number of hydrogen-bond acceptors (Lipinski definition) is 3. The van der Waals surface area contributed by atoms with E-state index in [0.29, 0.717) is 23.7 Å². The third-order valence-electron chi connectivity index (χ3n) is 3.27. The molecule has 0 aromatic heterocycles. The average Bonchev–Trinajstić information content (AvgIpc) is 2.77. The molecule has 2 N–H and O–H groups in total. The second-order valence-electron chi connectivity index (χ2n) is 4.55. The number of anilines is 1. The molecule has 0 unspecified atom stereocenters. The van der Waals surface area contributed by atoms with Crippen LogP contribution in [0.4, 0.5) is 5.69 Å². The average molecular weight is 254 g/mol. The molecule has 0 amide bonds. The first-order valence-corrected chi connectivity index (χ1v) is 7.24. The lowest BCUT2D eigenvalue weighted by Crippen LogP contribution is -2.29. The molecular formula is C12H18N2O2S. The molecule has 1 aromatic rings. The zero-order chi connectivity index (χ0) is 12.6. The predicted octanol–water partition coefficient (Wildman–Crippen LogP) is 1.67. The van der Waals surface area contributed by atoms with Crippen LogP contribution in [-0.4, -0.2) is 25.8 Å². The Morgan fingerprint density at radius 1 is 1.12 bits per heavy atom. The minimum atomic E-state index is -3.41. The highest BCUT2D eigenvalue weighted by molar-refractivity contribution is 7.89. The molecule has 4 nitrogen and oxygen atoms in total. The highest BCUT2D eigenvalue weighted by Crippen LogP contribution is 2.30. The van der Waals surface area contributed by atoms with Gasteiger partial charge in [0.25, 0.3) is 0 Å². The highest BCUT2D eigenvalue weighted by atomic mass is 32.2. The van der Waals surface area contributed by atoms with Gasteiger partial charge in [-0.05, 0) is 37.8 Å². The van der Waals surface area contributed by atoms with Gasteiger partial charge in [0, 0.05) is 13.1 Å². The fourth-order valence-corrected chi connectivity index (χ4v) is 4.12. The standard InChI is InChI=1S/C12H18N2O2S/c1-9-5-6-10(2)12(11(9)13)17(15,16)14-7-3-4-8-14/h5-6H,3-4,7-8,13H2,1-2H3. The minimum Gasteiger partial charge on any atom is -0.397 e. The summed E-state index contributed by atoms with van der Waals surface area (Å²) >= 11 is 0. The number of aryl methyl sites for hydroxylation is 2. The fraction of sp³-hybridized carbons (Fsp3) is 0.500. The van der Waals surface area contributed by atoms with Crippen molar-refractivity contribution >= 4 is 15.7 Å². The maximum atomic E-state index is 12.5. The van der Waals surface area contributed by atoms with Crippen molar-refractivity contribution in [1.29, 1.82) is 0 Å². The number of sulfonamides is 1. The predicted molar refractivity (Wildman–Crippen MR) is 68.3 cm³/mol. The van der Waals surface area contributed by atoms with Crippen LogP contribution in [0.25, 0.3) is 0 Å². The lowest BCUT2D eigenvalue weighted by atomic mass is 10.1. The molecule has 2 rings (SSSR count). The topological polar surface area (TPSA) is 63.4 Å². The molecular weight excluding hydrogens is 236 g/mol. The molecule has 1 heterocycles. The van der Waals surface area contributed by atoms with E-state index in [2.05, 4.69) is 0 Å². The van der Waals surface area contributed by atoms with Crippen molar-refractivity contribution in [3.05, 3.63) is 23.3 Å². The number of nitrogens with zero attached hydrogens (tertiary/aromatic N) is 1. The quantitative estimate of drug-likeness (QED) is 0.817. The molecule has 0 aliphatic carbocycles. The van der Waals surface area contributed by atoms with Crippen LogP contribution in [0.2, 0.25) is 0 Å². The molecule has 0 bridgehead atoms. The van der Waals surface area contributed by atoms with Crippen LogP contribution >= 0.6 is 0 Å². The zero-order valence-electron chi connectivity index (χ0n) is 10.2. The van der Waals surface area contributed by atoms with Crippen LogP contribution in [0.5, 0.6) is 0 Å². The van der Waals surface area contributed by atoms with Crippen molar-refractivity contribution in [3.63, 3.8) is 0 Å². The van der Waals surface area contributed by atoms with Gasteiger partial charge in [0.2, 0.25) is 10.0 Å². The van der Waals surface area contributed by atoms with Crippen molar-refractivity contribution < 1.29 is 8.42 Å². The third-order valence-corrected chi connectivity index (χ3v) is 5.38. The van der Waals surface area contributed by atoms with Crippen molar-refractivity contribution in [1.82, 2.24) is 4.31 Å². The van der Waals surface area contributed by atoms with E-state index < -0.39 is 10.0 Å². The first-order chi connectivity index (χ1) is 7.94. The summed E-state index contributed by atoms with van der Waals surface area (Å²) in [6.45, 7) is 4.83. The molecule has 1 fully saturated rings. The number of hydrogen-bond donors (Lipinski definition) is 1. The summed E-state index contributed by atoms with van der Waals surface area (Å²) < 4.78 is 26.5. The second kappa shape index (κ2) is 4.31. The molecule has 1 saturated heterocycles. The van der Waals surface area contributed by atoms with Gasteiger partial charge in [-0.2, -0.15) is 4.31 Å². The summed E-state index contributed by atoms with van der Waals surface area (Å²) in [6.07, 6.45) is 1.87. The van der Waals surface area contributed by atoms with E-state index in [9.17, 15) is 8.42 Å². The van der Waals surface area contributed by atoms with Gasteiger partial charge in [-0.3, -0.25) is 0 Å². The largest absolute Gasteiger partial charge is 0.397 e. The van der Waals surface area contributed by atoms with Gasteiger partial charge in [-0.15, -0.1) is 0 Å². The lowest BCUT2D eigenvalue weighted by molar-refractivity contribution is 0.477. The first-order valence-electron chi connectivity index (χ1n) is 5.80. The molecule has 5 heteroatoms. The van der Waals surface area contributed by atoms with Crippen LogP contribution in [0.1, 0.15) is 24.0 Å². The van der Waals surface area contributed by atoms with Gasteiger partial charge in [0.15, 0.2) is 0 Å². The molecule has 0 radical (unpaired) electrons. The molecule has 17 heavy (non-hydrogen) atoms. The van der Waals surface area contributed by atoms with Crippen molar-refractivity contribution in [2.75, 3.05) is 18.8 Å². The van der Waals surface area contributed by atoms with Crippen molar-refractivity contribution in [2.24, 2.45) is 0 Å². The third kappa shape index (κ3) is 2.05. The van der Waals surface area contributed by atoms with E-state index in [1.807, 2.05) is 19.1 Å². The highest BCUT2D eigenvalue weighted by Gasteiger charge is 2.30. The second-order valence-corrected chi connectivity index (χ2v) is 6.43. The summed E-state index contributed by atoms with van der Waals surface area (Å²) in [6, 6.07) is 3.67. The Morgan fingerprint density at radius 2 is 1.65 bits per heavy atom. The van der Waals surface area contributed by atoms with Crippen molar-refractivity contribution in [2.45, 2.75) is 31.6 Å². The number of benzene rings is 1. The van der Waals surface area contributed by atoms with Gasteiger partial charge < -0.3 is 5.73 Å². The van der Waals surface area contributed by atoms with Gasteiger partial charge in [0.1, 0.15) is 4.90 Å². The zero-order valence-corrected chi connectivity index (χ0v) is 11.0. The van der Waals surface area contributed by atoms with Crippen LogP contribution in [0, 0.1) is 13.8 Å². The Labute approximate surface area is 102 Å². The Bertz CT molecular complexity index is 532. The summed E-state index contributed by atoms with van der Waals surface area (Å²) in [4.78, 5) is 0.291. The van der Waals surface area contributed by atoms with Crippen LogP contribution in [0.3, 0.4) is 0 Å². The smallest absolute Gasteiger partial charge is 0.245 e. The molecule has 0 atom stereocenters. The van der Waals surface area contributed by atoms with E-state index in [0.717, 1.165) is 24.0 Å². The SMILES string of the molecule is Cc1ccc(C)c(S(=O)(=O)N2CCCC2)c1N. The van der Waals surface area contributed by atoms with Gasteiger partial charge >= 0.3 is 0 Å². The van der Waals surface area contributed by atoms with E-state index >= 15 is 0 Å². The fourth-order valence-electron chi connectivity index (χ4n) is 2.21. The van der Waals surface area contributed by atoms with Crippen LogP contribution in [0.15, 0.2) is 17.0 Å². The lowest BCUT2D eigenvalue weighted by Gasteiger charge is -2.19. The summed E-state index contributed by atoms with van der Waals surface area (Å²) in [5.41, 5.74) is 7.85. The normalized spacial score (nSPS) is 17.5. The molecule has 0 saturated carbocycles. The van der Waals surface area contributed by atoms with Gasteiger partial charge in [-0.1, -0.05) is 12.1 Å². The molecule has 1 aliphatic heterocycles. The van der Waals surface area contributed by atoms with E-state index in [4.69, 9.17) is 5.73 Å². The minimum absolute atomic E-state index is 0.291.